The van der Waals surface area contributed by atoms with Gasteiger partial charge in [0.2, 0.25) is 0 Å². The Hall–Kier alpha value is -2.55. The lowest BCUT2D eigenvalue weighted by Gasteiger charge is -2.25. The summed E-state index contributed by atoms with van der Waals surface area (Å²) < 4.78 is 5.46. The van der Waals surface area contributed by atoms with Gasteiger partial charge in [-0.25, -0.2) is 0 Å². The molecular weight excluding hydrogens is 274 g/mol. The van der Waals surface area contributed by atoms with Crippen LogP contribution in [0.2, 0.25) is 0 Å². The molecule has 112 valence electrons. The second-order valence-electron chi connectivity index (χ2n) is 5.35. The zero-order chi connectivity index (χ0) is 15.2. The summed E-state index contributed by atoms with van der Waals surface area (Å²) in [4.78, 5) is 12.5. The van der Waals surface area contributed by atoms with E-state index in [2.05, 4.69) is 5.32 Å². The highest BCUT2D eigenvalue weighted by atomic mass is 16.5. The maximum absolute atomic E-state index is 12.5. The van der Waals surface area contributed by atoms with Gasteiger partial charge in [-0.2, -0.15) is 0 Å². The summed E-state index contributed by atoms with van der Waals surface area (Å²) in [6.45, 7) is 0.748. The Kier molecular flexibility index (Phi) is 4.54. The Morgan fingerprint density at radius 1 is 1.00 bits per heavy atom. The van der Waals surface area contributed by atoms with Crippen molar-refractivity contribution >= 4 is 5.91 Å². The molecule has 3 rings (SSSR count). The summed E-state index contributed by atoms with van der Waals surface area (Å²) in [6, 6.07) is 19.2. The first-order valence-corrected chi connectivity index (χ1v) is 7.56. The maximum Gasteiger partial charge on any atom is 0.252 e. The van der Waals surface area contributed by atoms with Crippen molar-refractivity contribution in [1.29, 1.82) is 0 Å². The van der Waals surface area contributed by atoms with Gasteiger partial charge in [0.1, 0.15) is 0 Å². The molecule has 1 heterocycles. The summed E-state index contributed by atoms with van der Waals surface area (Å²) in [5.74, 6) is -0.0686. The topological polar surface area (TPSA) is 38.3 Å². The number of rotatable bonds is 4. The lowest BCUT2D eigenvalue weighted by atomic mass is 9.95. The van der Waals surface area contributed by atoms with Crippen molar-refractivity contribution in [1.82, 2.24) is 5.32 Å². The zero-order valence-corrected chi connectivity index (χ0v) is 12.4. The van der Waals surface area contributed by atoms with Gasteiger partial charge in [0.05, 0.1) is 18.9 Å². The average molecular weight is 293 g/mol. The fraction of sp³-hybridized carbons (Fsp3) is 0.211. The number of benzene rings is 2. The van der Waals surface area contributed by atoms with Crippen LogP contribution in [0.15, 0.2) is 72.5 Å². The van der Waals surface area contributed by atoms with E-state index in [1.807, 2.05) is 60.7 Å². The molecule has 1 unspecified atom stereocenters. The molecule has 3 nitrogen and oxygen atoms in total. The van der Waals surface area contributed by atoms with Crippen LogP contribution >= 0.6 is 0 Å². The Balaban J connectivity index is 1.86. The highest BCUT2D eigenvalue weighted by Crippen LogP contribution is 2.28. The quantitative estimate of drug-likeness (QED) is 0.929. The van der Waals surface area contributed by atoms with Gasteiger partial charge in [-0.3, -0.25) is 4.79 Å². The summed E-state index contributed by atoms with van der Waals surface area (Å²) in [5.41, 5.74) is 2.85. The van der Waals surface area contributed by atoms with Crippen molar-refractivity contribution < 1.29 is 9.53 Å². The van der Waals surface area contributed by atoms with Crippen LogP contribution in [-0.2, 0) is 4.74 Å². The molecule has 1 N–H and O–H groups in total. The minimum atomic E-state index is -0.144. The number of carbonyl (C=O) groups is 1. The van der Waals surface area contributed by atoms with Gasteiger partial charge in [0.25, 0.3) is 5.91 Å². The second-order valence-corrected chi connectivity index (χ2v) is 5.35. The van der Waals surface area contributed by atoms with Crippen molar-refractivity contribution in [3.8, 4) is 0 Å². The van der Waals surface area contributed by atoms with E-state index in [-0.39, 0.29) is 11.9 Å². The largest absolute Gasteiger partial charge is 0.501 e. The van der Waals surface area contributed by atoms with Gasteiger partial charge in [0, 0.05) is 5.56 Å². The maximum atomic E-state index is 12.5. The number of hydrogen-bond acceptors (Lipinski definition) is 2. The molecule has 2 aromatic rings. The highest BCUT2D eigenvalue weighted by molar-refractivity contribution is 5.94. The fourth-order valence-electron chi connectivity index (χ4n) is 2.64. The molecule has 1 atom stereocenters. The summed E-state index contributed by atoms with van der Waals surface area (Å²) >= 11 is 0. The summed E-state index contributed by atoms with van der Waals surface area (Å²) in [5, 5.41) is 3.13. The van der Waals surface area contributed by atoms with E-state index < -0.39 is 0 Å². The predicted molar refractivity (Wildman–Crippen MR) is 86.4 cm³/mol. The monoisotopic (exact) mass is 293 g/mol. The summed E-state index contributed by atoms with van der Waals surface area (Å²) in [7, 11) is 0. The zero-order valence-electron chi connectivity index (χ0n) is 12.4. The minimum Gasteiger partial charge on any atom is -0.501 e. The van der Waals surface area contributed by atoms with Crippen LogP contribution in [0.4, 0.5) is 0 Å². The molecule has 1 aliphatic rings. The Morgan fingerprint density at radius 3 is 2.32 bits per heavy atom. The van der Waals surface area contributed by atoms with E-state index in [0.29, 0.717) is 5.56 Å². The van der Waals surface area contributed by atoms with E-state index in [0.717, 1.165) is 30.6 Å². The molecule has 1 aliphatic heterocycles. The molecule has 1 amide bonds. The molecule has 0 aliphatic carbocycles. The van der Waals surface area contributed by atoms with Crippen LogP contribution in [0.5, 0.6) is 0 Å². The van der Waals surface area contributed by atoms with Gasteiger partial charge in [-0.1, -0.05) is 48.5 Å². The lowest BCUT2D eigenvalue weighted by molar-refractivity contribution is 0.0939. The van der Waals surface area contributed by atoms with E-state index in [9.17, 15) is 4.79 Å². The number of ether oxygens (including phenoxy) is 1. The smallest absolute Gasteiger partial charge is 0.252 e. The number of hydrogen-bond donors (Lipinski definition) is 1. The Bertz CT molecular complexity index is 650. The molecule has 0 saturated heterocycles. The fourth-order valence-corrected chi connectivity index (χ4v) is 2.64. The molecule has 0 radical (unpaired) electrons. The van der Waals surface area contributed by atoms with Crippen LogP contribution in [0, 0.1) is 0 Å². The van der Waals surface area contributed by atoms with Crippen LogP contribution in [0.1, 0.15) is 34.8 Å². The van der Waals surface area contributed by atoms with Crippen LogP contribution in [-0.4, -0.2) is 12.5 Å². The first-order valence-electron chi connectivity index (χ1n) is 7.56. The third-order valence-electron chi connectivity index (χ3n) is 3.78. The molecule has 0 saturated carbocycles. The van der Waals surface area contributed by atoms with Crippen molar-refractivity contribution in [2.75, 3.05) is 6.61 Å². The van der Waals surface area contributed by atoms with E-state index in [4.69, 9.17) is 4.74 Å². The molecule has 0 aromatic heterocycles. The van der Waals surface area contributed by atoms with Crippen molar-refractivity contribution in [2.45, 2.75) is 18.9 Å². The van der Waals surface area contributed by atoms with Crippen LogP contribution < -0.4 is 5.32 Å². The average Bonchev–Trinajstić information content (AvgIpc) is 2.62. The Labute approximate surface area is 130 Å². The van der Waals surface area contributed by atoms with Gasteiger partial charge in [0.15, 0.2) is 0 Å². The molecule has 3 heteroatoms. The van der Waals surface area contributed by atoms with Crippen molar-refractivity contribution in [2.24, 2.45) is 0 Å². The van der Waals surface area contributed by atoms with Gasteiger partial charge < -0.3 is 10.1 Å². The molecule has 0 fully saturated rings. The van der Waals surface area contributed by atoms with Crippen LogP contribution in [0.25, 0.3) is 0 Å². The van der Waals surface area contributed by atoms with Crippen molar-refractivity contribution in [3.05, 3.63) is 83.6 Å². The van der Waals surface area contributed by atoms with Gasteiger partial charge >= 0.3 is 0 Å². The van der Waals surface area contributed by atoms with E-state index in [1.54, 1.807) is 6.26 Å². The van der Waals surface area contributed by atoms with Crippen molar-refractivity contribution in [3.63, 3.8) is 0 Å². The number of amides is 1. The molecule has 22 heavy (non-hydrogen) atoms. The second kappa shape index (κ2) is 6.94. The molecule has 0 spiro atoms. The number of nitrogens with one attached hydrogen (secondary N) is 1. The van der Waals surface area contributed by atoms with E-state index >= 15 is 0 Å². The molecule has 2 aromatic carbocycles. The molecular formula is C19H19NO2. The van der Waals surface area contributed by atoms with E-state index in [1.165, 1.54) is 0 Å². The normalized spacial score (nSPS) is 15.4. The Morgan fingerprint density at radius 2 is 1.68 bits per heavy atom. The highest BCUT2D eigenvalue weighted by Gasteiger charge is 2.21. The summed E-state index contributed by atoms with van der Waals surface area (Å²) in [6.07, 6.45) is 3.72. The van der Waals surface area contributed by atoms with Gasteiger partial charge in [-0.05, 0) is 36.1 Å². The standard InChI is InChI=1S/C19H19NO2/c21-19(16-10-5-2-6-11-16)20-18(15-8-3-1-4-9-15)17-12-7-13-22-14-17/h1-6,8-11,14,18H,7,12-13H2,(H,20,21). The first-order chi connectivity index (χ1) is 10.8. The number of carbonyl (C=O) groups excluding carboxylic acids is 1. The van der Waals surface area contributed by atoms with Crippen LogP contribution in [0.3, 0.4) is 0 Å². The third-order valence-corrected chi connectivity index (χ3v) is 3.78. The molecule has 0 bridgehead atoms. The lowest BCUT2D eigenvalue weighted by Crippen LogP contribution is -2.30. The minimum absolute atomic E-state index is 0.0686. The van der Waals surface area contributed by atoms with Gasteiger partial charge in [-0.15, -0.1) is 0 Å². The first kappa shape index (κ1) is 14.4. The SMILES string of the molecule is O=C(NC(C1=COCCC1)c1ccccc1)c1ccccc1. The predicted octanol–water partition coefficient (Wildman–Crippen LogP) is 3.85. The third kappa shape index (κ3) is 3.37.